The van der Waals surface area contributed by atoms with Gasteiger partial charge in [0.25, 0.3) is 0 Å². The second-order valence-corrected chi connectivity index (χ2v) is 4.02. The van der Waals surface area contributed by atoms with Crippen molar-refractivity contribution < 1.29 is 14.2 Å². The maximum Gasteiger partial charge on any atom is 0.127 e. The third-order valence-electron chi connectivity index (χ3n) is 2.48. The van der Waals surface area contributed by atoms with Gasteiger partial charge in [-0.2, -0.15) is 0 Å². The van der Waals surface area contributed by atoms with Gasteiger partial charge in [0.05, 0.1) is 13.2 Å². The van der Waals surface area contributed by atoms with Crippen LogP contribution < -0.4 is 15.2 Å². The predicted molar refractivity (Wildman–Crippen MR) is 72.1 cm³/mol. The van der Waals surface area contributed by atoms with Gasteiger partial charge >= 0.3 is 0 Å². The van der Waals surface area contributed by atoms with E-state index in [4.69, 9.17) is 19.9 Å². The average molecular weight is 253 g/mol. The van der Waals surface area contributed by atoms with Crippen LogP contribution in [0, 0.1) is 0 Å². The molecular weight excluding hydrogens is 230 g/mol. The Kier molecular flexibility index (Phi) is 7.22. The fourth-order valence-electron chi connectivity index (χ4n) is 1.53. The molecule has 18 heavy (non-hydrogen) atoms. The quantitative estimate of drug-likeness (QED) is 0.686. The Bertz CT molecular complexity index is 342. The van der Waals surface area contributed by atoms with E-state index in [0.717, 1.165) is 29.9 Å². The molecule has 1 rings (SSSR count). The maximum atomic E-state index is 5.71. The molecular formula is C14H23NO3. The highest BCUT2D eigenvalue weighted by Crippen LogP contribution is 2.25. The van der Waals surface area contributed by atoms with E-state index in [1.54, 1.807) is 7.11 Å². The van der Waals surface area contributed by atoms with E-state index in [9.17, 15) is 0 Å². The van der Waals surface area contributed by atoms with Crippen LogP contribution in [-0.4, -0.2) is 26.9 Å². The summed E-state index contributed by atoms with van der Waals surface area (Å²) in [7, 11) is 1.69. The van der Waals surface area contributed by atoms with Crippen molar-refractivity contribution in [3.05, 3.63) is 23.8 Å². The highest BCUT2D eigenvalue weighted by Gasteiger charge is 2.05. The molecule has 0 radical (unpaired) electrons. The Morgan fingerprint density at radius 1 is 1.11 bits per heavy atom. The largest absolute Gasteiger partial charge is 0.493 e. The SMILES string of the molecule is CCCOc1ccc(CN)c(OCCCOC)c1. The van der Waals surface area contributed by atoms with Crippen LogP contribution in [-0.2, 0) is 11.3 Å². The molecule has 0 aliphatic heterocycles. The van der Waals surface area contributed by atoms with E-state index in [1.807, 2.05) is 18.2 Å². The van der Waals surface area contributed by atoms with Gasteiger partial charge in [0.1, 0.15) is 11.5 Å². The molecule has 1 aromatic rings. The third-order valence-corrected chi connectivity index (χ3v) is 2.48. The summed E-state index contributed by atoms with van der Waals surface area (Å²) in [4.78, 5) is 0. The smallest absolute Gasteiger partial charge is 0.127 e. The molecule has 0 unspecified atom stereocenters. The highest BCUT2D eigenvalue weighted by molar-refractivity contribution is 5.40. The number of hydrogen-bond donors (Lipinski definition) is 1. The zero-order chi connectivity index (χ0) is 13.2. The van der Waals surface area contributed by atoms with Gasteiger partial charge in [-0.15, -0.1) is 0 Å². The minimum absolute atomic E-state index is 0.466. The standard InChI is InChI=1S/C14H23NO3/c1-3-7-17-13-6-5-12(11-15)14(10-13)18-9-4-8-16-2/h5-6,10H,3-4,7-9,11,15H2,1-2H3. The Morgan fingerprint density at radius 2 is 1.94 bits per heavy atom. The van der Waals surface area contributed by atoms with Crippen LogP contribution in [0.5, 0.6) is 11.5 Å². The summed E-state index contributed by atoms with van der Waals surface area (Å²) in [5.41, 5.74) is 6.68. The average Bonchev–Trinajstić information content (AvgIpc) is 2.41. The molecule has 0 saturated heterocycles. The van der Waals surface area contributed by atoms with E-state index in [2.05, 4.69) is 6.92 Å². The molecule has 0 atom stereocenters. The zero-order valence-electron chi connectivity index (χ0n) is 11.3. The van der Waals surface area contributed by atoms with E-state index in [1.165, 1.54) is 0 Å². The summed E-state index contributed by atoms with van der Waals surface area (Å²) in [6.07, 6.45) is 1.85. The summed E-state index contributed by atoms with van der Waals surface area (Å²) < 4.78 is 16.3. The lowest BCUT2D eigenvalue weighted by Gasteiger charge is -2.12. The maximum absolute atomic E-state index is 5.71. The molecule has 0 bridgehead atoms. The second kappa shape index (κ2) is 8.78. The summed E-state index contributed by atoms with van der Waals surface area (Å²) in [5.74, 6) is 1.64. The first kappa shape index (κ1) is 14.8. The van der Waals surface area contributed by atoms with Crippen LogP contribution in [0.15, 0.2) is 18.2 Å². The Balaban J connectivity index is 2.60. The van der Waals surface area contributed by atoms with Crippen LogP contribution >= 0.6 is 0 Å². The van der Waals surface area contributed by atoms with Gasteiger partial charge in [-0.3, -0.25) is 0 Å². The summed E-state index contributed by atoms with van der Waals surface area (Å²) in [6, 6.07) is 5.79. The number of benzene rings is 1. The fraction of sp³-hybridized carbons (Fsp3) is 0.571. The molecule has 2 N–H and O–H groups in total. The Morgan fingerprint density at radius 3 is 2.61 bits per heavy atom. The van der Waals surface area contributed by atoms with Crippen molar-refractivity contribution in [1.82, 2.24) is 0 Å². The van der Waals surface area contributed by atoms with Gasteiger partial charge in [0, 0.05) is 38.3 Å². The molecule has 0 saturated carbocycles. The van der Waals surface area contributed by atoms with Crippen LogP contribution in [0.4, 0.5) is 0 Å². The molecule has 0 spiro atoms. The van der Waals surface area contributed by atoms with Crippen molar-refractivity contribution in [3.63, 3.8) is 0 Å². The summed E-state index contributed by atoms with van der Waals surface area (Å²) in [5, 5.41) is 0. The van der Waals surface area contributed by atoms with Crippen LogP contribution in [0.3, 0.4) is 0 Å². The summed E-state index contributed by atoms with van der Waals surface area (Å²) in [6.45, 7) is 4.58. The number of methoxy groups -OCH3 is 1. The second-order valence-electron chi connectivity index (χ2n) is 4.02. The molecule has 0 heterocycles. The van der Waals surface area contributed by atoms with Crippen molar-refractivity contribution in [1.29, 1.82) is 0 Å². The first-order chi connectivity index (χ1) is 8.81. The molecule has 4 heteroatoms. The highest BCUT2D eigenvalue weighted by atomic mass is 16.5. The van der Waals surface area contributed by atoms with Gasteiger partial charge in [0.2, 0.25) is 0 Å². The third kappa shape index (κ3) is 4.94. The van der Waals surface area contributed by atoms with Crippen molar-refractivity contribution in [3.8, 4) is 11.5 Å². The number of ether oxygens (including phenoxy) is 3. The van der Waals surface area contributed by atoms with E-state index >= 15 is 0 Å². The number of nitrogens with two attached hydrogens (primary N) is 1. The lowest BCUT2D eigenvalue weighted by molar-refractivity contribution is 0.171. The van der Waals surface area contributed by atoms with Gasteiger partial charge in [-0.05, 0) is 12.5 Å². The Labute approximate surface area is 109 Å². The molecule has 0 amide bonds. The number of rotatable bonds is 9. The topological polar surface area (TPSA) is 53.7 Å². The molecule has 102 valence electrons. The van der Waals surface area contributed by atoms with Gasteiger partial charge in [-0.1, -0.05) is 13.0 Å². The van der Waals surface area contributed by atoms with Crippen molar-refractivity contribution in [2.75, 3.05) is 26.9 Å². The van der Waals surface area contributed by atoms with Gasteiger partial charge in [-0.25, -0.2) is 0 Å². The first-order valence-corrected chi connectivity index (χ1v) is 6.39. The first-order valence-electron chi connectivity index (χ1n) is 6.39. The monoisotopic (exact) mass is 253 g/mol. The van der Waals surface area contributed by atoms with Gasteiger partial charge < -0.3 is 19.9 Å². The zero-order valence-corrected chi connectivity index (χ0v) is 11.3. The van der Waals surface area contributed by atoms with E-state index in [0.29, 0.717) is 26.4 Å². The van der Waals surface area contributed by atoms with Crippen molar-refractivity contribution in [2.24, 2.45) is 5.73 Å². The predicted octanol–water partition coefficient (Wildman–Crippen LogP) is 2.35. The Hall–Kier alpha value is -1.26. The summed E-state index contributed by atoms with van der Waals surface area (Å²) >= 11 is 0. The van der Waals surface area contributed by atoms with Crippen LogP contribution in [0.25, 0.3) is 0 Å². The van der Waals surface area contributed by atoms with Crippen molar-refractivity contribution >= 4 is 0 Å². The molecule has 0 aliphatic rings. The minimum atomic E-state index is 0.466. The van der Waals surface area contributed by atoms with Crippen LogP contribution in [0.2, 0.25) is 0 Å². The minimum Gasteiger partial charge on any atom is -0.493 e. The van der Waals surface area contributed by atoms with Gasteiger partial charge in [0.15, 0.2) is 0 Å². The molecule has 0 fully saturated rings. The molecule has 0 aromatic heterocycles. The molecule has 0 aliphatic carbocycles. The fourth-order valence-corrected chi connectivity index (χ4v) is 1.53. The lowest BCUT2D eigenvalue weighted by Crippen LogP contribution is -2.06. The van der Waals surface area contributed by atoms with E-state index in [-0.39, 0.29) is 0 Å². The normalized spacial score (nSPS) is 10.4. The van der Waals surface area contributed by atoms with E-state index < -0.39 is 0 Å². The molecule has 4 nitrogen and oxygen atoms in total. The number of hydrogen-bond acceptors (Lipinski definition) is 4. The lowest BCUT2D eigenvalue weighted by atomic mass is 10.2. The van der Waals surface area contributed by atoms with Crippen molar-refractivity contribution in [2.45, 2.75) is 26.3 Å². The molecule has 1 aromatic carbocycles. The van der Waals surface area contributed by atoms with Crippen LogP contribution in [0.1, 0.15) is 25.3 Å².